The summed E-state index contributed by atoms with van der Waals surface area (Å²) >= 11 is 0. The highest BCUT2D eigenvalue weighted by Gasteiger charge is 1.94. The molecule has 0 radical (unpaired) electrons. The number of aliphatic hydroxyl groups is 1. The molecule has 0 saturated carbocycles. The lowest BCUT2D eigenvalue weighted by molar-refractivity contribution is 0.332. The summed E-state index contributed by atoms with van der Waals surface area (Å²) in [5.41, 5.74) is 2.12. The van der Waals surface area contributed by atoms with Gasteiger partial charge < -0.3 is 5.11 Å². The molecule has 0 saturated heterocycles. The second-order valence-corrected chi connectivity index (χ2v) is 3.76. The maximum Gasteiger partial charge on any atom is 0.0642 e. The number of rotatable bonds is 2. The zero-order valence-electron chi connectivity index (χ0n) is 8.77. The number of benzene rings is 2. The fourth-order valence-corrected chi connectivity index (χ4v) is 1.63. The summed E-state index contributed by atoms with van der Waals surface area (Å²) in [6.45, 7) is 2.04. The normalized spacial score (nSPS) is 12.0. The van der Waals surface area contributed by atoms with Crippen molar-refractivity contribution in [2.45, 2.75) is 6.92 Å². The Hall–Kier alpha value is -1.60. The fourth-order valence-electron chi connectivity index (χ4n) is 1.63. The summed E-state index contributed by atoms with van der Waals surface area (Å²) in [4.78, 5) is 0. The quantitative estimate of drug-likeness (QED) is 0.785. The van der Waals surface area contributed by atoms with Crippen LogP contribution in [-0.4, -0.2) is 11.7 Å². The van der Waals surface area contributed by atoms with E-state index in [0.29, 0.717) is 0 Å². The lowest BCUT2D eigenvalue weighted by Crippen LogP contribution is -1.83. The van der Waals surface area contributed by atoms with Gasteiger partial charge in [0, 0.05) is 0 Å². The van der Waals surface area contributed by atoms with Crippen LogP contribution in [0, 0.1) is 0 Å². The predicted octanol–water partition coefficient (Wildman–Crippen LogP) is 3.24. The summed E-state index contributed by atoms with van der Waals surface area (Å²) in [6.07, 6.45) is 2.01. The van der Waals surface area contributed by atoms with Crippen molar-refractivity contribution in [3.05, 3.63) is 53.6 Å². The monoisotopic (exact) mass is 198 g/mol. The number of fused-ring (bicyclic) bond motifs is 1. The average Bonchev–Trinajstić information content (AvgIpc) is 2.29. The summed E-state index contributed by atoms with van der Waals surface area (Å²) in [6, 6.07) is 14.6. The predicted molar refractivity (Wildman–Crippen MR) is 64.7 cm³/mol. The third-order valence-corrected chi connectivity index (χ3v) is 2.44. The molecule has 0 aliphatic carbocycles. The Kier molecular flexibility index (Phi) is 2.84. The molecular weight excluding hydrogens is 184 g/mol. The van der Waals surface area contributed by atoms with Gasteiger partial charge in [0.25, 0.3) is 0 Å². The average molecular weight is 198 g/mol. The van der Waals surface area contributed by atoms with Crippen LogP contribution in [0.1, 0.15) is 12.5 Å². The van der Waals surface area contributed by atoms with E-state index in [1.54, 1.807) is 0 Å². The Morgan fingerprint density at radius 1 is 1.13 bits per heavy atom. The summed E-state index contributed by atoms with van der Waals surface area (Å²) in [7, 11) is 0. The molecule has 0 aromatic heterocycles. The van der Waals surface area contributed by atoms with Crippen LogP contribution in [0.2, 0.25) is 0 Å². The Labute approximate surface area is 89.7 Å². The largest absolute Gasteiger partial charge is 0.392 e. The maximum absolute atomic E-state index is 8.94. The smallest absolute Gasteiger partial charge is 0.0642 e. The zero-order valence-corrected chi connectivity index (χ0v) is 8.77. The third-order valence-electron chi connectivity index (χ3n) is 2.44. The molecule has 0 spiro atoms. The minimum atomic E-state index is 0.118. The highest BCUT2D eigenvalue weighted by Crippen LogP contribution is 2.17. The zero-order chi connectivity index (χ0) is 10.7. The molecule has 1 N–H and O–H groups in total. The number of hydrogen-bond donors (Lipinski definition) is 1. The van der Waals surface area contributed by atoms with Crippen molar-refractivity contribution in [1.29, 1.82) is 0 Å². The minimum Gasteiger partial charge on any atom is -0.392 e. The van der Waals surface area contributed by atoms with E-state index in [9.17, 15) is 0 Å². The van der Waals surface area contributed by atoms with E-state index in [-0.39, 0.29) is 6.61 Å². The molecule has 0 unspecified atom stereocenters. The van der Waals surface area contributed by atoms with Gasteiger partial charge in [0.1, 0.15) is 0 Å². The van der Waals surface area contributed by atoms with Gasteiger partial charge in [0.15, 0.2) is 0 Å². The van der Waals surface area contributed by atoms with Gasteiger partial charge in [0.2, 0.25) is 0 Å². The van der Waals surface area contributed by atoms with Crippen LogP contribution in [0.5, 0.6) is 0 Å². The molecule has 2 rings (SSSR count). The molecule has 0 heterocycles. The Balaban J connectivity index is 2.47. The molecule has 1 nitrogen and oxygen atoms in total. The lowest BCUT2D eigenvalue weighted by Gasteiger charge is -2.00. The van der Waals surface area contributed by atoms with Crippen LogP contribution in [-0.2, 0) is 0 Å². The SMILES string of the molecule is C/C(=C\c1ccc2ccccc2c1)CO. The van der Waals surface area contributed by atoms with Crippen molar-refractivity contribution in [3.8, 4) is 0 Å². The van der Waals surface area contributed by atoms with Crippen molar-refractivity contribution < 1.29 is 5.11 Å². The molecule has 0 amide bonds. The van der Waals surface area contributed by atoms with Crippen LogP contribution >= 0.6 is 0 Å². The van der Waals surface area contributed by atoms with Crippen molar-refractivity contribution in [3.63, 3.8) is 0 Å². The standard InChI is InChI=1S/C14H14O/c1-11(10-15)8-12-6-7-13-4-2-3-5-14(13)9-12/h2-9,15H,10H2,1H3/b11-8+. The van der Waals surface area contributed by atoms with E-state index in [1.807, 2.05) is 25.1 Å². The summed E-state index contributed by atoms with van der Waals surface area (Å²) in [5, 5.41) is 11.4. The van der Waals surface area contributed by atoms with Crippen LogP contribution in [0.4, 0.5) is 0 Å². The molecular formula is C14H14O. The van der Waals surface area contributed by atoms with E-state index in [0.717, 1.165) is 11.1 Å². The first-order valence-electron chi connectivity index (χ1n) is 5.06. The second-order valence-electron chi connectivity index (χ2n) is 3.76. The van der Waals surface area contributed by atoms with E-state index in [4.69, 9.17) is 5.11 Å². The fraction of sp³-hybridized carbons (Fsp3) is 0.143. The molecule has 0 fully saturated rings. The van der Waals surface area contributed by atoms with Crippen LogP contribution in [0.15, 0.2) is 48.0 Å². The molecule has 0 aliphatic heterocycles. The Bertz CT molecular complexity index is 497. The minimum absolute atomic E-state index is 0.118. The van der Waals surface area contributed by atoms with Crippen LogP contribution in [0.3, 0.4) is 0 Å². The van der Waals surface area contributed by atoms with Gasteiger partial charge in [0.05, 0.1) is 6.61 Å². The third kappa shape index (κ3) is 2.25. The van der Waals surface area contributed by atoms with Crippen molar-refractivity contribution >= 4 is 16.8 Å². The van der Waals surface area contributed by atoms with Crippen molar-refractivity contribution in [1.82, 2.24) is 0 Å². The molecule has 0 aliphatic rings. The van der Waals surface area contributed by atoms with Crippen molar-refractivity contribution in [2.24, 2.45) is 0 Å². The number of hydrogen-bond acceptors (Lipinski definition) is 1. The lowest BCUT2D eigenvalue weighted by atomic mass is 10.1. The Morgan fingerprint density at radius 3 is 2.60 bits per heavy atom. The first-order valence-corrected chi connectivity index (χ1v) is 5.06. The van der Waals surface area contributed by atoms with Gasteiger partial charge in [-0.05, 0) is 34.9 Å². The second kappa shape index (κ2) is 4.28. The first-order chi connectivity index (χ1) is 7.29. The molecule has 2 aromatic carbocycles. The highest BCUT2D eigenvalue weighted by molar-refractivity contribution is 5.84. The summed E-state index contributed by atoms with van der Waals surface area (Å²) in [5.74, 6) is 0. The Morgan fingerprint density at radius 2 is 1.87 bits per heavy atom. The molecule has 76 valence electrons. The van der Waals surface area contributed by atoms with E-state index >= 15 is 0 Å². The topological polar surface area (TPSA) is 20.2 Å². The van der Waals surface area contributed by atoms with Gasteiger partial charge in [-0.3, -0.25) is 0 Å². The first kappa shape index (κ1) is 9.94. The van der Waals surface area contributed by atoms with E-state index in [2.05, 4.69) is 30.3 Å². The molecule has 2 aromatic rings. The highest BCUT2D eigenvalue weighted by atomic mass is 16.3. The number of aliphatic hydroxyl groups excluding tert-OH is 1. The van der Waals surface area contributed by atoms with E-state index in [1.165, 1.54) is 10.8 Å². The van der Waals surface area contributed by atoms with Gasteiger partial charge >= 0.3 is 0 Å². The van der Waals surface area contributed by atoms with Crippen LogP contribution < -0.4 is 0 Å². The van der Waals surface area contributed by atoms with Gasteiger partial charge in [-0.1, -0.05) is 42.5 Å². The summed E-state index contributed by atoms with van der Waals surface area (Å²) < 4.78 is 0. The molecule has 15 heavy (non-hydrogen) atoms. The molecule has 0 atom stereocenters. The van der Waals surface area contributed by atoms with Gasteiger partial charge in [-0.2, -0.15) is 0 Å². The van der Waals surface area contributed by atoms with Crippen LogP contribution in [0.25, 0.3) is 16.8 Å². The van der Waals surface area contributed by atoms with Crippen molar-refractivity contribution in [2.75, 3.05) is 6.61 Å². The maximum atomic E-state index is 8.94. The molecule has 0 bridgehead atoms. The molecule has 1 heteroatoms. The van der Waals surface area contributed by atoms with Gasteiger partial charge in [-0.25, -0.2) is 0 Å². The van der Waals surface area contributed by atoms with E-state index < -0.39 is 0 Å². The van der Waals surface area contributed by atoms with Gasteiger partial charge in [-0.15, -0.1) is 0 Å².